The quantitative estimate of drug-likeness (QED) is 0.400. The number of halogens is 4. The number of hydrogen-bond acceptors (Lipinski definition) is 6. The van der Waals surface area contributed by atoms with Crippen molar-refractivity contribution in [1.29, 1.82) is 0 Å². The predicted molar refractivity (Wildman–Crippen MR) is 127 cm³/mol. The molecule has 3 aromatic rings. The molecular formula is C25H25F4N5O4. The number of nitrogens with zero attached hydrogens (tertiary/aromatic N) is 3. The molecule has 0 bridgehead atoms. The number of rotatable bonds is 7. The molecule has 2 atom stereocenters. The number of aryl methyl sites for hydroxylation is 1. The number of hydrogen-bond donors (Lipinski definition) is 3. The molecule has 13 heteroatoms. The molecular weight excluding hydrogens is 510 g/mol. The summed E-state index contributed by atoms with van der Waals surface area (Å²) in [5.74, 6) is -0.732. The van der Waals surface area contributed by atoms with Gasteiger partial charge in [-0.1, -0.05) is 0 Å². The van der Waals surface area contributed by atoms with E-state index >= 15 is 0 Å². The van der Waals surface area contributed by atoms with Crippen molar-refractivity contribution in [2.75, 3.05) is 26.3 Å². The highest BCUT2D eigenvalue weighted by Crippen LogP contribution is 2.40. The van der Waals surface area contributed by atoms with Crippen LogP contribution in [0.3, 0.4) is 0 Å². The maximum absolute atomic E-state index is 14.5. The molecule has 2 amide bonds. The molecule has 5 rings (SSSR count). The van der Waals surface area contributed by atoms with Crippen LogP contribution in [-0.4, -0.2) is 75.3 Å². The number of likely N-dealkylation sites (tertiary alicyclic amines) is 1. The molecule has 1 aliphatic carbocycles. The minimum atomic E-state index is -4.60. The number of aromatic nitrogens is 3. The van der Waals surface area contributed by atoms with Crippen molar-refractivity contribution < 1.29 is 37.0 Å². The summed E-state index contributed by atoms with van der Waals surface area (Å²) in [5, 5.41) is 11.6. The Labute approximate surface area is 214 Å². The number of aromatic amines is 1. The number of aliphatic hydroxyl groups is 1. The van der Waals surface area contributed by atoms with Crippen molar-refractivity contribution in [3.63, 3.8) is 0 Å². The van der Waals surface area contributed by atoms with Crippen molar-refractivity contribution in [2.24, 2.45) is 5.92 Å². The van der Waals surface area contributed by atoms with Crippen LogP contribution in [0.2, 0.25) is 0 Å². The predicted octanol–water partition coefficient (Wildman–Crippen LogP) is 3.01. The zero-order chi connectivity index (χ0) is 27.2. The van der Waals surface area contributed by atoms with Gasteiger partial charge in [0.05, 0.1) is 35.8 Å². The van der Waals surface area contributed by atoms with E-state index in [0.717, 1.165) is 36.2 Å². The van der Waals surface area contributed by atoms with Gasteiger partial charge in [-0.3, -0.25) is 9.59 Å². The van der Waals surface area contributed by atoms with Gasteiger partial charge in [0.15, 0.2) is 0 Å². The number of fused-ring (bicyclic) bond motifs is 1. The van der Waals surface area contributed by atoms with Crippen molar-refractivity contribution in [3.05, 3.63) is 41.3 Å². The van der Waals surface area contributed by atoms with E-state index < -0.39 is 42.4 Å². The van der Waals surface area contributed by atoms with Crippen molar-refractivity contribution in [2.45, 2.75) is 38.2 Å². The number of alkyl halides is 4. The summed E-state index contributed by atoms with van der Waals surface area (Å²) in [5.41, 5.74) is 0.144. The molecule has 1 aromatic carbocycles. The molecule has 0 unspecified atom stereocenters. The molecule has 2 aliphatic rings. The Balaban J connectivity index is 1.50. The van der Waals surface area contributed by atoms with Gasteiger partial charge >= 0.3 is 6.18 Å². The second-order valence-corrected chi connectivity index (χ2v) is 9.59. The summed E-state index contributed by atoms with van der Waals surface area (Å²) in [4.78, 5) is 37.4. The second kappa shape index (κ2) is 9.86. The largest absolute Gasteiger partial charge is 0.493 e. The topological polar surface area (TPSA) is 120 Å². The number of aliphatic hydroxyl groups excluding tert-OH is 1. The number of nitrogens with one attached hydrogen (secondary N) is 2. The van der Waals surface area contributed by atoms with Crippen molar-refractivity contribution in [3.8, 4) is 17.0 Å². The van der Waals surface area contributed by atoms with Gasteiger partial charge in [0.1, 0.15) is 36.1 Å². The zero-order valence-corrected chi connectivity index (χ0v) is 20.3. The van der Waals surface area contributed by atoms with Crippen LogP contribution in [0.25, 0.3) is 22.3 Å². The van der Waals surface area contributed by atoms with Gasteiger partial charge in [-0.15, -0.1) is 0 Å². The summed E-state index contributed by atoms with van der Waals surface area (Å²) in [6.07, 6.45) is -3.01. The first kappa shape index (κ1) is 25.9. The fraction of sp³-hybridized carbons (Fsp3) is 0.440. The summed E-state index contributed by atoms with van der Waals surface area (Å²) in [6, 6.07) is 2.16. The molecule has 0 spiro atoms. The summed E-state index contributed by atoms with van der Waals surface area (Å²) < 4.78 is 61.0. The molecule has 38 heavy (non-hydrogen) atoms. The molecule has 2 aromatic heterocycles. The van der Waals surface area contributed by atoms with Crippen molar-refractivity contribution in [1.82, 2.24) is 25.2 Å². The van der Waals surface area contributed by atoms with E-state index in [9.17, 15) is 27.2 Å². The molecule has 1 saturated carbocycles. The third-order valence-electron chi connectivity index (χ3n) is 6.79. The normalized spacial score (nSPS) is 19.7. The van der Waals surface area contributed by atoms with Gasteiger partial charge in [-0.2, -0.15) is 13.2 Å². The second-order valence-electron chi connectivity index (χ2n) is 9.59. The van der Waals surface area contributed by atoms with E-state index in [4.69, 9.17) is 9.84 Å². The van der Waals surface area contributed by atoms with Crippen molar-refractivity contribution >= 4 is 22.8 Å². The van der Waals surface area contributed by atoms with E-state index in [-0.39, 0.29) is 46.7 Å². The lowest BCUT2D eigenvalue weighted by atomic mass is 10.0. The monoisotopic (exact) mass is 535 g/mol. The first-order chi connectivity index (χ1) is 18.1. The minimum Gasteiger partial charge on any atom is -0.493 e. The third-order valence-corrected chi connectivity index (χ3v) is 6.79. The molecule has 2 fully saturated rings. The summed E-state index contributed by atoms with van der Waals surface area (Å²) in [7, 11) is 0. The standard InChI is InChI=1S/C25H25F4N5O4/c1-12-20(24(37)33-17-8-34(7-16(17)26)19(36)9-35)22-23(32-12)21(30-11-31-22)15-6-14(25(27,28)29)4-5-18(15)38-10-13-2-3-13/h4-6,11,13,16-17,32,35H,2-3,7-10H2,1H3,(H,33,37)/t16-,17-/m0/s1. The molecule has 1 aliphatic heterocycles. The Kier molecular flexibility index (Phi) is 6.72. The number of benzene rings is 1. The third kappa shape index (κ3) is 5.02. The molecule has 3 N–H and O–H groups in total. The zero-order valence-electron chi connectivity index (χ0n) is 20.3. The number of amides is 2. The van der Waals surface area contributed by atoms with Crippen LogP contribution in [0.15, 0.2) is 24.5 Å². The molecule has 9 nitrogen and oxygen atoms in total. The fourth-order valence-electron chi connectivity index (χ4n) is 4.56. The molecule has 1 saturated heterocycles. The molecule has 3 heterocycles. The van der Waals surface area contributed by atoms with E-state index in [1.165, 1.54) is 6.07 Å². The number of carbonyl (C=O) groups excluding carboxylic acids is 2. The van der Waals surface area contributed by atoms with Crippen LogP contribution in [0, 0.1) is 12.8 Å². The van der Waals surface area contributed by atoms with Gasteiger partial charge in [0.25, 0.3) is 5.91 Å². The Bertz CT molecular complexity index is 1390. The van der Waals surface area contributed by atoms with Gasteiger partial charge in [-0.25, -0.2) is 14.4 Å². The van der Waals surface area contributed by atoms with Gasteiger partial charge in [0, 0.05) is 17.8 Å². The van der Waals surface area contributed by atoms with E-state index in [1.54, 1.807) is 6.92 Å². The summed E-state index contributed by atoms with van der Waals surface area (Å²) in [6.45, 7) is 0.810. The van der Waals surface area contributed by atoms with Crippen LogP contribution in [0.5, 0.6) is 5.75 Å². The highest BCUT2D eigenvalue weighted by atomic mass is 19.4. The smallest absolute Gasteiger partial charge is 0.416 e. The SMILES string of the molecule is Cc1[nH]c2c(-c3cc(C(F)(F)F)ccc3OCC3CC3)ncnc2c1C(=O)N[C@H]1CN(C(=O)CO)C[C@@H]1F. The average molecular weight is 535 g/mol. The minimum absolute atomic E-state index is 0.0789. The Hall–Kier alpha value is -3.74. The van der Waals surface area contributed by atoms with Crippen LogP contribution in [-0.2, 0) is 11.0 Å². The lowest BCUT2D eigenvalue weighted by molar-refractivity contribution is -0.137. The number of carbonyl (C=O) groups is 2. The fourth-order valence-corrected chi connectivity index (χ4v) is 4.56. The maximum atomic E-state index is 14.5. The Morgan fingerprint density at radius 1 is 1.24 bits per heavy atom. The van der Waals surface area contributed by atoms with Crippen LogP contribution in [0.4, 0.5) is 17.6 Å². The van der Waals surface area contributed by atoms with Crippen LogP contribution >= 0.6 is 0 Å². The van der Waals surface area contributed by atoms with E-state index in [2.05, 4.69) is 20.3 Å². The average Bonchev–Trinajstić information content (AvgIpc) is 3.55. The number of ether oxygens (including phenoxy) is 1. The first-order valence-corrected chi connectivity index (χ1v) is 12.1. The van der Waals surface area contributed by atoms with Crippen LogP contribution in [0.1, 0.15) is 34.5 Å². The number of H-pyrrole nitrogens is 1. The maximum Gasteiger partial charge on any atom is 0.416 e. The lowest BCUT2D eigenvalue weighted by Crippen LogP contribution is -2.42. The summed E-state index contributed by atoms with van der Waals surface area (Å²) >= 11 is 0. The lowest BCUT2D eigenvalue weighted by Gasteiger charge is -2.16. The van der Waals surface area contributed by atoms with Gasteiger partial charge in [0.2, 0.25) is 5.91 Å². The van der Waals surface area contributed by atoms with Crippen LogP contribution < -0.4 is 10.1 Å². The van der Waals surface area contributed by atoms with E-state index in [1.807, 2.05) is 0 Å². The van der Waals surface area contributed by atoms with Gasteiger partial charge < -0.3 is 25.0 Å². The first-order valence-electron chi connectivity index (χ1n) is 12.1. The van der Waals surface area contributed by atoms with Gasteiger partial charge in [-0.05, 0) is 43.9 Å². The van der Waals surface area contributed by atoms with E-state index in [0.29, 0.717) is 18.2 Å². The molecule has 0 radical (unpaired) electrons. The Morgan fingerprint density at radius 2 is 2.00 bits per heavy atom. The Morgan fingerprint density at radius 3 is 2.68 bits per heavy atom. The highest BCUT2D eigenvalue weighted by Gasteiger charge is 2.37. The molecule has 202 valence electrons. The highest BCUT2D eigenvalue weighted by molar-refractivity contribution is 6.09.